The molecular formula is C7H13F2NO. The number of halogens is 2. The van der Waals surface area contributed by atoms with Gasteiger partial charge < -0.3 is 10.5 Å². The van der Waals surface area contributed by atoms with Gasteiger partial charge in [0, 0.05) is 25.7 Å². The zero-order valence-electron chi connectivity index (χ0n) is 6.30. The van der Waals surface area contributed by atoms with Gasteiger partial charge in [0.15, 0.2) is 0 Å². The lowest BCUT2D eigenvalue weighted by molar-refractivity contribution is 0.0430. The van der Waals surface area contributed by atoms with E-state index >= 15 is 0 Å². The van der Waals surface area contributed by atoms with Gasteiger partial charge in [-0.15, -0.1) is 0 Å². The van der Waals surface area contributed by atoms with Crippen LogP contribution in [0.5, 0.6) is 0 Å². The zero-order valence-corrected chi connectivity index (χ0v) is 6.30. The molecule has 0 bridgehead atoms. The summed E-state index contributed by atoms with van der Waals surface area (Å²) in [4.78, 5) is 0. The van der Waals surface area contributed by atoms with Crippen molar-refractivity contribution in [3.63, 3.8) is 0 Å². The molecule has 1 fully saturated rings. The standard InChI is InChI=1S/C7H13F2NO/c8-7(9)6(3-10)5-1-2-11-4-5/h5-7H,1-4,10H2. The van der Waals surface area contributed by atoms with Gasteiger partial charge in [0.2, 0.25) is 6.43 Å². The minimum atomic E-state index is -2.30. The molecule has 1 saturated heterocycles. The number of hydrogen-bond acceptors (Lipinski definition) is 2. The second-order valence-electron chi connectivity index (χ2n) is 2.86. The van der Waals surface area contributed by atoms with E-state index in [4.69, 9.17) is 10.5 Å². The first-order chi connectivity index (χ1) is 5.25. The van der Waals surface area contributed by atoms with Crippen LogP contribution in [-0.4, -0.2) is 26.2 Å². The lowest BCUT2D eigenvalue weighted by Crippen LogP contribution is -2.29. The Balaban J connectivity index is 2.40. The van der Waals surface area contributed by atoms with Gasteiger partial charge in [-0.05, 0) is 12.3 Å². The second-order valence-corrected chi connectivity index (χ2v) is 2.86. The molecule has 2 nitrogen and oxygen atoms in total. The van der Waals surface area contributed by atoms with Crippen LogP contribution < -0.4 is 5.73 Å². The van der Waals surface area contributed by atoms with Crippen molar-refractivity contribution >= 4 is 0 Å². The van der Waals surface area contributed by atoms with Crippen LogP contribution >= 0.6 is 0 Å². The summed E-state index contributed by atoms with van der Waals surface area (Å²) < 4.78 is 29.4. The lowest BCUT2D eigenvalue weighted by atomic mass is 9.92. The van der Waals surface area contributed by atoms with Gasteiger partial charge >= 0.3 is 0 Å². The summed E-state index contributed by atoms with van der Waals surface area (Å²) in [6.07, 6.45) is -1.57. The van der Waals surface area contributed by atoms with Crippen LogP contribution in [0, 0.1) is 11.8 Å². The third-order valence-electron chi connectivity index (χ3n) is 2.17. The van der Waals surface area contributed by atoms with Gasteiger partial charge in [0.1, 0.15) is 0 Å². The van der Waals surface area contributed by atoms with E-state index in [2.05, 4.69) is 0 Å². The van der Waals surface area contributed by atoms with Crippen molar-refractivity contribution in [3.05, 3.63) is 0 Å². The summed E-state index contributed by atoms with van der Waals surface area (Å²) in [5, 5.41) is 0. The van der Waals surface area contributed by atoms with Crippen LogP contribution in [0.15, 0.2) is 0 Å². The summed E-state index contributed by atoms with van der Waals surface area (Å²) in [7, 11) is 0. The highest BCUT2D eigenvalue weighted by Crippen LogP contribution is 2.26. The SMILES string of the molecule is NCC(C(F)F)C1CCOC1. The lowest BCUT2D eigenvalue weighted by Gasteiger charge is -2.18. The van der Waals surface area contributed by atoms with E-state index in [0.29, 0.717) is 13.2 Å². The van der Waals surface area contributed by atoms with Gasteiger partial charge in [-0.3, -0.25) is 0 Å². The zero-order chi connectivity index (χ0) is 8.27. The van der Waals surface area contributed by atoms with E-state index in [-0.39, 0.29) is 12.5 Å². The van der Waals surface area contributed by atoms with Gasteiger partial charge in [-0.2, -0.15) is 0 Å². The highest BCUT2D eigenvalue weighted by Gasteiger charge is 2.31. The Hall–Kier alpha value is -0.220. The van der Waals surface area contributed by atoms with E-state index in [1.165, 1.54) is 0 Å². The summed E-state index contributed by atoms with van der Waals surface area (Å²) in [6, 6.07) is 0. The number of ether oxygens (including phenoxy) is 1. The molecule has 1 rings (SSSR count). The molecule has 0 spiro atoms. The molecule has 2 unspecified atom stereocenters. The molecule has 2 N–H and O–H groups in total. The molecule has 0 amide bonds. The van der Waals surface area contributed by atoms with E-state index < -0.39 is 12.3 Å². The summed E-state index contributed by atoms with van der Waals surface area (Å²) in [5.41, 5.74) is 5.22. The first kappa shape index (κ1) is 8.87. The Morgan fingerprint density at radius 1 is 1.55 bits per heavy atom. The molecule has 11 heavy (non-hydrogen) atoms. The number of alkyl halides is 2. The molecule has 0 aliphatic carbocycles. The smallest absolute Gasteiger partial charge is 0.242 e. The Kier molecular flexibility index (Phi) is 3.20. The van der Waals surface area contributed by atoms with Crippen molar-refractivity contribution in [3.8, 4) is 0 Å². The average Bonchev–Trinajstić information content (AvgIpc) is 2.40. The Morgan fingerprint density at radius 2 is 2.27 bits per heavy atom. The molecule has 0 aromatic carbocycles. The maximum absolute atomic E-state index is 12.2. The Labute approximate surface area is 64.7 Å². The van der Waals surface area contributed by atoms with Crippen LogP contribution in [0.3, 0.4) is 0 Å². The minimum Gasteiger partial charge on any atom is -0.381 e. The Bertz CT molecular complexity index is 115. The quantitative estimate of drug-likeness (QED) is 0.673. The van der Waals surface area contributed by atoms with Crippen molar-refractivity contribution in [2.24, 2.45) is 17.6 Å². The molecule has 1 aliphatic rings. The maximum Gasteiger partial charge on any atom is 0.242 e. The van der Waals surface area contributed by atoms with Crippen LogP contribution in [0.2, 0.25) is 0 Å². The van der Waals surface area contributed by atoms with E-state index in [9.17, 15) is 8.78 Å². The highest BCUT2D eigenvalue weighted by atomic mass is 19.3. The monoisotopic (exact) mass is 165 g/mol. The second kappa shape index (κ2) is 3.97. The van der Waals surface area contributed by atoms with Crippen molar-refractivity contribution in [2.75, 3.05) is 19.8 Å². The van der Waals surface area contributed by atoms with Crippen LogP contribution in [-0.2, 0) is 4.74 Å². The van der Waals surface area contributed by atoms with Gasteiger partial charge in [-0.1, -0.05) is 0 Å². The maximum atomic E-state index is 12.2. The normalized spacial score (nSPS) is 27.8. The molecule has 0 aromatic heterocycles. The van der Waals surface area contributed by atoms with Gasteiger partial charge in [-0.25, -0.2) is 8.78 Å². The van der Waals surface area contributed by atoms with E-state index in [0.717, 1.165) is 6.42 Å². The van der Waals surface area contributed by atoms with Crippen molar-refractivity contribution in [1.29, 1.82) is 0 Å². The van der Waals surface area contributed by atoms with Crippen LogP contribution in [0.25, 0.3) is 0 Å². The highest BCUT2D eigenvalue weighted by molar-refractivity contribution is 4.75. The minimum absolute atomic E-state index is 0.0278. The van der Waals surface area contributed by atoms with E-state index in [1.807, 2.05) is 0 Å². The van der Waals surface area contributed by atoms with Crippen molar-refractivity contribution in [2.45, 2.75) is 12.8 Å². The number of rotatable bonds is 3. The average molecular weight is 165 g/mol. The third kappa shape index (κ3) is 2.10. The molecule has 1 heterocycles. The molecule has 1 aliphatic heterocycles. The Morgan fingerprint density at radius 3 is 2.64 bits per heavy atom. The molecule has 66 valence electrons. The third-order valence-corrected chi connectivity index (χ3v) is 2.17. The summed E-state index contributed by atoms with van der Waals surface area (Å²) in [6.45, 7) is 1.12. The van der Waals surface area contributed by atoms with Crippen molar-refractivity contribution < 1.29 is 13.5 Å². The largest absolute Gasteiger partial charge is 0.381 e. The number of hydrogen-bond donors (Lipinski definition) is 1. The predicted octanol–water partition coefficient (Wildman–Crippen LogP) is 0.863. The molecule has 0 radical (unpaired) electrons. The fourth-order valence-corrected chi connectivity index (χ4v) is 1.39. The number of nitrogens with two attached hydrogens (primary N) is 1. The van der Waals surface area contributed by atoms with E-state index in [1.54, 1.807) is 0 Å². The fourth-order valence-electron chi connectivity index (χ4n) is 1.39. The fraction of sp³-hybridized carbons (Fsp3) is 1.00. The molecule has 2 atom stereocenters. The molecule has 0 saturated carbocycles. The van der Waals surface area contributed by atoms with Crippen LogP contribution in [0.4, 0.5) is 8.78 Å². The van der Waals surface area contributed by atoms with Gasteiger partial charge in [0.05, 0.1) is 0 Å². The first-order valence-electron chi connectivity index (χ1n) is 3.81. The summed E-state index contributed by atoms with van der Waals surface area (Å²) in [5.74, 6) is -0.697. The van der Waals surface area contributed by atoms with Gasteiger partial charge in [0.25, 0.3) is 0 Å². The predicted molar refractivity (Wildman–Crippen MR) is 37.5 cm³/mol. The van der Waals surface area contributed by atoms with Crippen molar-refractivity contribution in [1.82, 2.24) is 0 Å². The topological polar surface area (TPSA) is 35.2 Å². The molecule has 4 heteroatoms. The molecule has 0 aromatic rings. The first-order valence-corrected chi connectivity index (χ1v) is 3.81. The molecular weight excluding hydrogens is 152 g/mol. The van der Waals surface area contributed by atoms with Crippen LogP contribution in [0.1, 0.15) is 6.42 Å². The summed E-state index contributed by atoms with van der Waals surface area (Å²) >= 11 is 0.